The van der Waals surface area contributed by atoms with Crippen molar-refractivity contribution in [3.63, 3.8) is 0 Å². The summed E-state index contributed by atoms with van der Waals surface area (Å²) in [5.41, 5.74) is 6.06. The van der Waals surface area contributed by atoms with E-state index in [2.05, 4.69) is 5.16 Å². The lowest BCUT2D eigenvalue weighted by molar-refractivity contribution is 0.0747. The number of benzene rings is 1. The number of nitrogens with zero attached hydrogens (tertiary/aromatic N) is 2. The Bertz CT molecular complexity index is 512. The normalized spacial score (nSPS) is 14.9. The Morgan fingerprint density at radius 1 is 1.55 bits per heavy atom. The molecule has 1 saturated carbocycles. The Kier molecular flexibility index (Phi) is 4.45. The SMILES string of the molecule is COc1cccc(C(=O)N(CCC(N)=NO)C2CC2)c1. The smallest absolute Gasteiger partial charge is 0.254 e. The minimum absolute atomic E-state index is 0.0443. The average molecular weight is 277 g/mol. The number of hydrogen-bond acceptors (Lipinski definition) is 4. The summed E-state index contributed by atoms with van der Waals surface area (Å²) in [6.45, 7) is 0.455. The van der Waals surface area contributed by atoms with Crippen molar-refractivity contribution in [2.75, 3.05) is 13.7 Å². The van der Waals surface area contributed by atoms with Crippen molar-refractivity contribution in [2.45, 2.75) is 25.3 Å². The second-order valence-electron chi connectivity index (χ2n) is 4.80. The Morgan fingerprint density at radius 2 is 2.30 bits per heavy atom. The molecule has 0 aromatic heterocycles. The molecule has 0 unspecified atom stereocenters. The van der Waals surface area contributed by atoms with E-state index in [9.17, 15) is 4.79 Å². The predicted molar refractivity (Wildman–Crippen MR) is 75.1 cm³/mol. The number of amidine groups is 1. The van der Waals surface area contributed by atoms with E-state index in [1.165, 1.54) is 0 Å². The third-order valence-corrected chi connectivity index (χ3v) is 3.30. The molecule has 1 aromatic carbocycles. The van der Waals surface area contributed by atoms with Gasteiger partial charge >= 0.3 is 0 Å². The van der Waals surface area contributed by atoms with Gasteiger partial charge in [-0.1, -0.05) is 11.2 Å². The number of methoxy groups -OCH3 is 1. The molecule has 0 atom stereocenters. The van der Waals surface area contributed by atoms with E-state index in [1.54, 1.807) is 36.3 Å². The largest absolute Gasteiger partial charge is 0.497 e. The van der Waals surface area contributed by atoms with Gasteiger partial charge < -0.3 is 20.6 Å². The van der Waals surface area contributed by atoms with Gasteiger partial charge in [0.2, 0.25) is 0 Å². The van der Waals surface area contributed by atoms with Gasteiger partial charge in [-0.3, -0.25) is 4.79 Å². The van der Waals surface area contributed by atoms with Crippen LogP contribution in [0.1, 0.15) is 29.6 Å². The number of carbonyl (C=O) groups excluding carboxylic acids is 1. The Labute approximate surface area is 117 Å². The zero-order valence-corrected chi connectivity index (χ0v) is 11.5. The van der Waals surface area contributed by atoms with Crippen LogP contribution in [-0.4, -0.2) is 41.5 Å². The Balaban J connectivity index is 2.10. The summed E-state index contributed by atoms with van der Waals surface area (Å²) in [5, 5.41) is 11.5. The van der Waals surface area contributed by atoms with Crippen molar-refractivity contribution in [3.05, 3.63) is 29.8 Å². The van der Waals surface area contributed by atoms with E-state index in [0.29, 0.717) is 24.3 Å². The second-order valence-corrected chi connectivity index (χ2v) is 4.80. The van der Waals surface area contributed by atoms with Crippen molar-refractivity contribution in [2.24, 2.45) is 10.9 Å². The van der Waals surface area contributed by atoms with Crippen molar-refractivity contribution in [3.8, 4) is 5.75 Å². The molecule has 0 heterocycles. The van der Waals surface area contributed by atoms with Crippen LogP contribution >= 0.6 is 0 Å². The maximum absolute atomic E-state index is 12.5. The second kappa shape index (κ2) is 6.27. The molecule has 1 amide bonds. The van der Waals surface area contributed by atoms with Gasteiger partial charge in [0.05, 0.1) is 7.11 Å². The molecule has 0 radical (unpaired) electrons. The van der Waals surface area contributed by atoms with E-state index in [-0.39, 0.29) is 17.8 Å². The molecular weight excluding hydrogens is 258 g/mol. The number of rotatable bonds is 6. The van der Waals surface area contributed by atoms with Crippen LogP contribution in [0.5, 0.6) is 5.75 Å². The van der Waals surface area contributed by atoms with Crippen molar-refractivity contribution in [1.82, 2.24) is 4.90 Å². The van der Waals surface area contributed by atoms with E-state index < -0.39 is 0 Å². The van der Waals surface area contributed by atoms with Crippen LogP contribution in [0.25, 0.3) is 0 Å². The molecule has 0 bridgehead atoms. The molecule has 2 rings (SSSR count). The molecule has 0 saturated heterocycles. The minimum atomic E-state index is -0.0443. The highest BCUT2D eigenvalue weighted by Gasteiger charge is 2.32. The molecule has 0 aliphatic heterocycles. The van der Waals surface area contributed by atoms with Gasteiger partial charge in [-0.05, 0) is 31.0 Å². The zero-order valence-electron chi connectivity index (χ0n) is 11.5. The minimum Gasteiger partial charge on any atom is -0.497 e. The van der Waals surface area contributed by atoms with Crippen molar-refractivity contribution < 1.29 is 14.7 Å². The monoisotopic (exact) mass is 277 g/mol. The zero-order chi connectivity index (χ0) is 14.5. The van der Waals surface area contributed by atoms with Gasteiger partial charge in [0, 0.05) is 24.6 Å². The van der Waals surface area contributed by atoms with Gasteiger partial charge in [-0.2, -0.15) is 0 Å². The topological polar surface area (TPSA) is 88.2 Å². The number of carbonyl (C=O) groups is 1. The first-order valence-electron chi connectivity index (χ1n) is 6.57. The maximum Gasteiger partial charge on any atom is 0.254 e. The summed E-state index contributed by atoms with van der Waals surface area (Å²) >= 11 is 0. The molecule has 0 spiro atoms. The van der Waals surface area contributed by atoms with E-state index >= 15 is 0 Å². The fourth-order valence-corrected chi connectivity index (χ4v) is 2.04. The van der Waals surface area contributed by atoms with Crippen LogP contribution in [-0.2, 0) is 0 Å². The molecular formula is C14H19N3O3. The highest BCUT2D eigenvalue weighted by Crippen LogP contribution is 2.29. The van der Waals surface area contributed by atoms with Crippen LogP contribution in [0.2, 0.25) is 0 Å². The summed E-state index contributed by atoms with van der Waals surface area (Å²) in [7, 11) is 1.57. The first-order chi connectivity index (χ1) is 9.65. The molecule has 1 fully saturated rings. The van der Waals surface area contributed by atoms with Crippen LogP contribution in [0.3, 0.4) is 0 Å². The molecule has 108 valence electrons. The standard InChI is InChI=1S/C14H19N3O3/c1-20-12-4-2-3-10(9-12)14(18)17(11-5-6-11)8-7-13(15)16-19/h2-4,9,11,19H,5-8H2,1H3,(H2,15,16). The fourth-order valence-electron chi connectivity index (χ4n) is 2.04. The van der Waals surface area contributed by atoms with Crippen molar-refractivity contribution >= 4 is 11.7 Å². The van der Waals surface area contributed by atoms with Crippen LogP contribution in [0, 0.1) is 0 Å². The third kappa shape index (κ3) is 3.40. The van der Waals surface area contributed by atoms with E-state index in [4.69, 9.17) is 15.7 Å². The number of hydrogen-bond donors (Lipinski definition) is 2. The van der Waals surface area contributed by atoms with Crippen LogP contribution < -0.4 is 10.5 Å². The highest BCUT2D eigenvalue weighted by molar-refractivity contribution is 5.95. The predicted octanol–water partition coefficient (Wildman–Crippen LogP) is 1.44. The fraction of sp³-hybridized carbons (Fsp3) is 0.429. The Hall–Kier alpha value is -2.24. The molecule has 1 aromatic rings. The molecule has 6 nitrogen and oxygen atoms in total. The molecule has 3 N–H and O–H groups in total. The molecule has 1 aliphatic carbocycles. The van der Waals surface area contributed by atoms with Gasteiger partial charge in [0.15, 0.2) is 0 Å². The van der Waals surface area contributed by atoms with Crippen LogP contribution in [0.4, 0.5) is 0 Å². The average Bonchev–Trinajstić information content (AvgIpc) is 3.31. The summed E-state index contributed by atoms with van der Waals surface area (Å²) in [6.07, 6.45) is 2.38. The maximum atomic E-state index is 12.5. The quantitative estimate of drug-likeness (QED) is 0.356. The number of ether oxygens (including phenoxy) is 1. The summed E-state index contributed by atoms with van der Waals surface area (Å²) in [5.74, 6) is 0.745. The summed E-state index contributed by atoms with van der Waals surface area (Å²) in [6, 6.07) is 7.35. The third-order valence-electron chi connectivity index (χ3n) is 3.30. The number of oxime groups is 1. The lowest BCUT2D eigenvalue weighted by Crippen LogP contribution is -2.35. The molecule has 20 heavy (non-hydrogen) atoms. The number of amides is 1. The number of nitrogens with two attached hydrogens (primary N) is 1. The van der Waals surface area contributed by atoms with Crippen molar-refractivity contribution in [1.29, 1.82) is 0 Å². The van der Waals surface area contributed by atoms with E-state index in [1.807, 2.05) is 0 Å². The highest BCUT2D eigenvalue weighted by atomic mass is 16.5. The molecule has 6 heteroatoms. The van der Waals surface area contributed by atoms with Crippen LogP contribution in [0.15, 0.2) is 29.4 Å². The lowest BCUT2D eigenvalue weighted by atomic mass is 10.1. The van der Waals surface area contributed by atoms with Gasteiger partial charge in [-0.25, -0.2) is 0 Å². The summed E-state index contributed by atoms with van der Waals surface area (Å²) in [4.78, 5) is 14.3. The first-order valence-corrected chi connectivity index (χ1v) is 6.57. The summed E-state index contributed by atoms with van der Waals surface area (Å²) < 4.78 is 5.13. The Morgan fingerprint density at radius 3 is 2.90 bits per heavy atom. The molecule has 1 aliphatic rings. The van der Waals surface area contributed by atoms with Gasteiger partial charge in [-0.15, -0.1) is 0 Å². The van der Waals surface area contributed by atoms with Gasteiger partial charge in [0.1, 0.15) is 11.6 Å². The van der Waals surface area contributed by atoms with Gasteiger partial charge in [0.25, 0.3) is 5.91 Å². The first kappa shape index (κ1) is 14.2. The van der Waals surface area contributed by atoms with E-state index in [0.717, 1.165) is 12.8 Å². The lowest BCUT2D eigenvalue weighted by Gasteiger charge is -2.22.